The van der Waals surface area contributed by atoms with Crippen molar-refractivity contribution >= 4 is 40.8 Å². The zero-order valence-corrected chi connectivity index (χ0v) is 17.6. The number of hydrogen-bond acceptors (Lipinski definition) is 3. The summed E-state index contributed by atoms with van der Waals surface area (Å²) in [5.41, 5.74) is 2.05. The number of carbonyl (C=O) groups is 2. The first-order valence-corrected chi connectivity index (χ1v) is 10.0. The SMILES string of the molecule is CCN(CC(=O)Nc1cc(-c2ccccc2)nn1-c1ccc(F)cc1)C(=O)C(Cl)Cl. The van der Waals surface area contributed by atoms with Crippen LogP contribution in [0.4, 0.5) is 10.2 Å². The Hall–Kier alpha value is -2.90. The van der Waals surface area contributed by atoms with Crippen LogP contribution in [0.15, 0.2) is 60.7 Å². The van der Waals surface area contributed by atoms with E-state index < -0.39 is 16.7 Å². The topological polar surface area (TPSA) is 67.2 Å². The molecular formula is C21H19Cl2FN4O2. The maximum atomic E-state index is 13.3. The van der Waals surface area contributed by atoms with Gasteiger partial charge in [-0.05, 0) is 31.2 Å². The summed E-state index contributed by atoms with van der Waals surface area (Å²) in [6.07, 6.45) is 0. The molecule has 3 aromatic rings. The van der Waals surface area contributed by atoms with Crippen molar-refractivity contribution in [2.75, 3.05) is 18.4 Å². The first-order chi connectivity index (χ1) is 14.4. The summed E-state index contributed by atoms with van der Waals surface area (Å²) in [6, 6.07) is 16.9. The van der Waals surface area contributed by atoms with Crippen LogP contribution in [0.2, 0.25) is 0 Å². The fraction of sp³-hybridized carbons (Fsp3) is 0.190. The summed E-state index contributed by atoms with van der Waals surface area (Å²) in [5, 5.41) is 7.31. The summed E-state index contributed by atoms with van der Waals surface area (Å²) in [5.74, 6) is -0.995. The molecule has 0 spiro atoms. The number of benzene rings is 2. The first kappa shape index (κ1) is 21.8. The molecule has 0 saturated carbocycles. The van der Waals surface area contributed by atoms with Crippen LogP contribution >= 0.6 is 23.2 Å². The molecule has 0 unspecified atom stereocenters. The van der Waals surface area contributed by atoms with Crippen molar-refractivity contribution < 1.29 is 14.0 Å². The maximum Gasteiger partial charge on any atom is 0.256 e. The molecule has 156 valence electrons. The van der Waals surface area contributed by atoms with Gasteiger partial charge in [0.2, 0.25) is 5.91 Å². The van der Waals surface area contributed by atoms with Crippen LogP contribution in [-0.4, -0.2) is 44.4 Å². The maximum absolute atomic E-state index is 13.3. The van der Waals surface area contributed by atoms with Gasteiger partial charge in [0.25, 0.3) is 5.91 Å². The van der Waals surface area contributed by atoms with Crippen molar-refractivity contribution in [2.45, 2.75) is 11.8 Å². The monoisotopic (exact) mass is 448 g/mol. The highest BCUT2D eigenvalue weighted by Crippen LogP contribution is 2.25. The van der Waals surface area contributed by atoms with E-state index in [1.165, 1.54) is 21.7 Å². The van der Waals surface area contributed by atoms with Crippen LogP contribution in [0.25, 0.3) is 16.9 Å². The Morgan fingerprint density at radius 3 is 2.40 bits per heavy atom. The summed E-state index contributed by atoms with van der Waals surface area (Å²) in [4.78, 5) is 24.6. The Kier molecular flexibility index (Phi) is 7.07. The van der Waals surface area contributed by atoms with Gasteiger partial charge in [-0.3, -0.25) is 9.59 Å². The highest BCUT2D eigenvalue weighted by Gasteiger charge is 2.22. The first-order valence-electron chi connectivity index (χ1n) is 9.17. The molecule has 0 fully saturated rings. The van der Waals surface area contributed by atoms with Gasteiger partial charge in [0.1, 0.15) is 11.6 Å². The Labute approximate surface area is 183 Å². The normalized spacial score (nSPS) is 10.8. The summed E-state index contributed by atoms with van der Waals surface area (Å²) >= 11 is 11.3. The molecule has 1 aromatic heterocycles. The summed E-state index contributed by atoms with van der Waals surface area (Å²) in [6.45, 7) is 1.77. The van der Waals surface area contributed by atoms with Gasteiger partial charge >= 0.3 is 0 Å². The van der Waals surface area contributed by atoms with Gasteiger partial charge in [0.15, 0.2) is 4.84 Å². The number of nitrogens with zero attached hydrogens (tertiary/aromatic N) is 3. The van der Waals surface area contributed by atoms with Crippen LogP contribution in [0, 0.1) is 5.82 Å². The van der Waals surface area contributed by atoms with Crippen LogP contribution < -0.4 is 5.32 Å². The third-order valence-electron chi connectivity index (χ3n) is 4.33. The Morgan fingerprint density at radius 1 is 1.13 bits per heavy atom. The van der Waals surface area contributed by atoms with E-state index in [9.17, 15) is 14.0 Å². The molecule has 2 aromatic carbocycles. The fourth-order valence-electron chi connectivity index (χ4n) is 2.84. The number of alkyl halides is 2. The molecule has 6 nitrogen and oxygen atoms in total. The van der Waals surface area contributed by atoms with Crippen molar-refractivity contribution in [3.63, 3.8) is 0 Å². The van der Waals surface area contributed by atoms with Gasteiger partial charge in [0.05, 0.1) is 17.9 Å². The minimum absolute atomic E-state index is 0.222. The minimum atomic E-state index is -1.24. The summed E-state index contributed by atoms with van der Waals surface area (Å²) < 4.78 is 14.9. The molecule has 1 heterocycles. The zero-order chi connectivity index (χ0) is 21.7. The lowest BCUT2D eigenvalue weighted by atomic mass is 10.1. The molecule has 3 rings (SSSR count). The quantitative estimate of drug-likeness (QED) is 0.548. The molecule has 0 aliphatic rings. The van der Waals surface area contributed by atoms with Crippen molar-refractivity contribution in [2.24, 2.45) is 0 Å². The second-order valence-electron chi connectivity index (χ2n) is 6.37. The number of anilines is 1. The number of amides is 2. The smallest absolute Gasteiger partial charge is 0.256 e. The standard InChI is InChI=1S/C21H19Cl2FN4O2/c1-2-27(21(30)20(22)23)13-19(29)25-18-12-17(14-6-4-3-5-7-14)26-28(18)16-10-8-15(24)9-11-16/h3-12,20H,2,13H2,1H3,(H,25,29). The van der Waals surface area contributed by atoms with E-state index in [0.717, 1.165) is 5.56 Å². The number of carbonyl (C=O) groups excluding carboxylic acids is 2. The Morgan fingerprint density at radius 2 is 1.80 bits per heavy atom. The summed E-state index contributed by atoms with van der Waals surface area (Å²) in [7, 11) is 0. The number of aromatic nitrogens is 2. The Bertz CT molecular complexity index is 1020. The largest absolute Gasteiger partial charge is 0.331 e. The van der Waals surface area contributed by atoms with Gasteiger partial charge in [-0.15, -0.1) is 0 Å². The highest BCUT2D eigenvalue weighted by molar-refractivity contribution is 6.53. The van der Waals surface area contributed by atoms with Crippen molar-refractivity contribution in [3.05, 3.63) is 66.5 Å². The number of rotatable bonds is 7. The molecule has 0 atom stereocenters. The van der Waals surface area contributed by atoms with E-state index in [-0.39, 0.29) is 18.9 Å². The van der Waals surface area contributed by atoms with Gasteiger partial charge in [-0.25, -0.2) is 9.07 Å². The molecule has 0 aliphatic carbocycles. The number of halogens is 3. The molecule has 0 bridgehead atoms. The van der Waals surface area contributed by atoms with Crippen LogP contribution in [-0.2, 0) is 9.59 Å². The lowest BCUT2D eigenvalue weighted by molar-refractivity contribution is -0.132. The highest BCUT2D eigenvalue weighted by atomic mass is 35.5. The van der Waals surface area contributed by atoms with E-state index in [0.29, 0.717) is 17.2 Å². The molecule has 0 radical (unpaired) electrons. The molecule has 30 heavy (non-hydrogen) atoms. The average Bonchev–Trinajstić information content (AvgIpc) is 3.16. The average molecular weight is 449 g/mol. The van der Waals surface area contributed by atoms with Crippen LogP contribution in [0.1, 0.15) is 6.92 Å². The third-order valence-corrected chi connectivity index (χ3v) is 4.71. The number of hydrogen-bond donors (Lipinski definition) is 1. The predicted octanol–water partition coefficient (Wildman–Crippen LogP) is 4.27. The number of likely N-dealkylation sites (N-methyl/N-ethyl adjacent to an activating group) is 1. The molecule has 2 amide bonds. The van der Waals surface area contributed by atoms with Gasteiger partial charge in [-0.2, -0.15) is 5.10 Å². The number of nitrogens with one attached hydrogen (secondary N) is 1. The molecular weight excluding hydrogens is 430 g/mol. The van der Waals surface area contributed by atoms with Gasteiger partial charge in [0, 0.05) is 18.2 Å². The van der Waals surface area contributed by atoms with Crippen molar-refractivity contribution in [3.8, 4) is 16.9 Å². The molecule has 0 aliphatic heterocycles. The van der Waals surface area contributed by atoms with Crippen molar-refractivity contribution in [1.82, 2.24) is 14.7 Å². The molecule has 1 N–H and O–H groups in total. The van der Waals surface area contributed by atoms with Crippen LogP contribution in [0.5, 0.6) is 0 Å². The second kappa shape index (κ2) is 9.73. The van der Waals surface area contributed by atoms with E-state index in [1.807, 2.05) is 30.3 Å². The van der Waals surface area contributed by atoms with E-state index in [4.69, 9.17) is 23.2 Å². The third kappa shape index (κ3) is 5.17. The zero-order valence-electron chi connectivity index (χ0n) is 16.1. The van der Waals surface area contributed by atoms with E-state index in [1.54, 1.807) is 25.1 Å². The fourth-order valence-corrected chi connectivity index (χ4v) is 3.11. The second-order valence-corrected chi connectivity index (χ2v) is 7.47. The molecule has 9 heteroatoms. The van der Waals surface area contributed by atoms with Gasteiger partial charge in [-0.1, -0.05) is 53.5 Å². The Balaban J connectivity index is 1.90. The van der Waals surface area contributed by atoms with Crippen LogP contribution in [0.3, 0.4) is 0 Å². The minimum Gasteiger partial charge on any atom is -0.331 e. The van der Waals surface area contributed by atoms with Crippen molar-refractivity contribution in [1.29, 1.82) is 0 Å². The van der Waals surface area contributed by atoms with E-state index in [2.05, 4.69) is 10.4 Å². The lowest BCUT2D eigenvalue weighted by Gasteiger charge is -2.20. The molecule has 0 saturated heterocycles. The van der Waals surface area contributed by atoms with E-state index >= 15 is 0 Å². The predicted molar refractivity (Wildman–Crippen MR) is 115 cm³/mol. The van der Waals surface area contributed by atoms with Gasteiger partial charge < -0.3 is 10.2 Å². The lowest BCUT2D eigenvalue weighted by Crippen LogP contribution is -2.40.